The van der Waals surface area contributed by atoms with Gasteiger partial charge in [0.25, 0.3) is 5.56 Å². The second-order valence-corrected chi connectivity index (χ2v) is 5.67. The second-order valence-electron chi connectivity index (χ2n) is 4.88. The molecule has 23 heavy (non-hydrogen) atoms. The summed E-state index contributed by atoms with van der Waals surface area (Å²) in [5.41, 5.74) is 1.99. The van der Waals surface area contributed by atoms with E-state index in [1.807, 2.05) is 12.3 Å². The average molecular weight is 328 g/mol. The molecule has 0 radical (unpaired) electrons. The van der Waals surface area contributed by atoms with Gasteiger partial charge < -0.3 is 10.3 Å². The summed E-state index contributed by atoms with van der Waals surface area (Å²) >= 11 is 1.36. The molecule has 0 aliphatic carbocycles. The van der Waals surface area contributed by atoms with Gasteiger partial charge in [0, 0.05) is 23.4 Å². The summed E-state index contributed by atoms with van der Waals surface area (Å²) in [6.45, 7) is 1.76. The number of aromatic amines is 1. The van der Waals surface area contributed by atoms with Crippen LogP contribution in [0, 0.1) is 18.3 Å². The fraction of sp³-hybridized carbons (Fsp3) is 0.250. The fourth-order valence-corrected chi connectivity index (χ4v) is 2.53. The van der Waals surface area contributed by atoms with Crippen LogP contribution in [0.5, 0.6) is 0 Å². The number of carbonyl (C=O) groups excluding carboxylic acids is 1. The smallest absolute Gasteiger partial charge is 0.254 e. The van der Waals surface area contributed by atoms with Gasteiger partial charge in [-0.2, -0.15) is 5.26 Å². The van der Waals surface area contributed by atoms with E-state index in [1.165, 1.54) is 11.8 Å². The van der Waals surface area contributed by atoms with Crippen molar-refractivity contribution in [2.24, 2.45) is 0 Å². The number of H-pyrrole nitrogens is 1. The Labute approximate surface area is 138 Å². The maximum absolute atomic E-state index is 12.0. The third kappa shape index (κ3) is 4.44. The Kier molecular flexibility index (Phi) is 5.55. The molecule has 0 fully saturated rings. The van der Waals surface area contributed by atoms with E-state index in [0.717, 1.165) is 0 Å². The number of benzene rings is 1. The van der Waals surface area contributed by atoms with E-state index in [4.69, 9.17) is 5.26 Å². The summed E-state index contributed by atoms with van der Waals surface area (Å²) in [6.07, 6.45) is 2.31. The van der Waals surface area contributed by atoms with Crippen LogP contribution in [-0.2, 0) is 11.2 Å². The minimum atomic E-state index is -0.215. The zero-order valence-corrected chi connectivity index (χ0v) is 13.7. The highest BCUT2D eigenvalue weighted by molar-refractivity contribution is 7.98. The lowest BCUT2D eigenvalue weighted by molar-refractivity contribution is -0.116. The molecule has 0 atom stereocenters. The van der Waals surface area contributed by atoms with Crippen LogP contribution < -0.4 is 10.9 Å². The van der Waals surface area contributed by atoms with Gasteiger partial charge in [0.2, 0.25) is 5.91 Å². The molecule has 0 saturated heterocycles. The fourth-order valence-electron chi connectivity index (χ4n) is 2.10. The van der Waals surface area contributed by atoms with E-state index in [-0.39, 0.29) is 17.9 Å². The topological polar surface area (TPSA) is 98.6 Å². The Bertz CT molecular complexity index is 824. The van der Waals surface area contributed by atoms with Crippen LogP contribution in [0.25, 0.3) is 0 Å². The van der Waals surface area contributed by atoms with Crippen molar-refractivity contribution >= 4 is 23.4 Å². The summed E-state index contributed by atoms with van der Waals surface area (Å²) < 4.78 is 0. The van der Waals surface area contributed by atoms with E-state index in [9.17, 15) is 9.59 Å². The zero-order chi connectivity index (χ0) is 16.8. The molecule has 118 valence electrons. The highest BCUT2D eigenvalue weighted by atomic mass is 32.2. The molecule has 1 aromatic heterocycles. The molecular weight excluding hydrogens is 312 g/mol. The monoisotopic (exact) mass is 328 g/mol. The maximum atomic E-state index is 12.0. The van der Waals surface area contributed by atoms with Crippen LogP contribution >= 0.6 is 11.8 Å². The van der Waals surface area contributed by atoms with E-state index >= 15 is 0 Å². The lowest BCUT2D eigenvalue weighted by atomic mass is 10.1. The minimum Gasteiger partial charge on any atom is -0.326 e. The van der Waals surface area contributed by atoms with E-state index in [0.29, 0.717) is 34.1 Å². The van der Waals surface area contributed by atoms with Gasteiger partial charge in [0.05, 0.1) is 11.6 Å². The Morgan fingerprint density at radius 2 is 2.26 bits per heavy atom. The van der Waals surface area contributed by atoms with Crippen LogP contribution in [0.3, 0.4) is 0 Å². The normalized spacial score (nSPS) is 10.1. The largest absolute Gasteiger partial charge is 0.326 e. The van der Waals surface area contributed by atoms with Gasteiger partial charge >= 0.3 is 0 Å². The Morgan fingerprint density at radius 3 is 2.91 bits per heavy atom. The van der Waals surface area contributed by atoms with Crippen LogP contribution in [0.4, 0.5) is 5.69 Å². The molecule has 2 aromatic rings. The predicted octanol–water partition coefficient (Wildman–Crippen LogP) is 2.24. The zero-order valence-electron chi connectivity index (χ0n) is 12.8. The molecule has 0 aliphatic heterocycles. The van der Waals surface area contributed by atoms with Gasteiger partial charge in [0.15, 0.2) is 5.16 Å². The molecule has 0 aliphatic rings. The molecule has 2 N–H and O–H groups in total. The van der Waals surface area contributed by atoms with Gasteiger partial charge in [-0.3, -0.25) is 9.59 Å². The maximum Gasteiger partial charge on any atom is 0.254 e. The molecule has 7 heteroatoms. The number of amides is 1. The van der Waals surface area contributed by atoms with Crippen molar-refractivity contribution in [1.82, 2.24) is 9.97 Å². The molecule has 0 unspecified atom stereocenters. The number of hydrogen-bond acceptors (Lipinski definition) is 5. The number of aryl methyl sites for hydroxylation is 1. The van der Waals surface area contributed by atoms with Gasteiger partial charge in [0.1, 0.15) is 0 Å². The molecule has 0 spiro atoms. The van der Waals surface area contributed by atoms with Gasteiger partial charge in [-0.05, 0) is 37.8 Å². The number of nitrogens with zero attached hydrogens (tertiary/aromatic N) is 2. The van der Waals surface area contributed by atoms with E-state index in [2.05, 4.69) is 15.3 Å². The molecule has 1 heterocycles. The summed E-state index contributed by atoms with van der Waals surface area (Å²) in [6, 6.07) is 8.70. The minimum absolute atomic E-state index is 0.168. The summed E-state index contributed by atoms with van der Waals surface area (Å²) in [4.78, 5) is 31.0. The van der Waals surface area contributed by atoms with Crippen molar-refractivity contribution in [1.29, 1.82) is 5.26 Å². The van der Waals surface area contributed by atoms with Crippen LogP contribution in [0.15, 0.2) is 34.2 Å². The standard InChI is InChI=1S/C16H16N4O2S/c1-10-13(15(22)20-16(18-10)23-2)6-7-14(21)19-12-5-3-4-11(8-12)9-17/h3-5,8H,6-7H2,1-2H3,(H,19,21)(H,18,20,22). The van der Waals surface area contributed by atoms with E-state index in [1.54, 1.807) is 31.2 Å². The highest BCUT2D eigenvalue weighted by Gasteiger charge is 2.11. The first-order chi connectivity index (χ1) is 11.0. The van der Waals surface area contributed by atoms with Crippen molar-refractivity contribution in [2.45, 2.75) is 24.9 Å². The highest BCUT2D eigenvalue weighted by Crippen LogP contribution is 2.12. The number of rotatable bonds is 5. The first kappa shape index (κ1) is 16.8. The first-order valence-corrected chi connectivity index (χ1v) is 8.19. The predicted molar refractivity (Wildman–Crippen MR) is 89.5 cm³/mol. The van der Waals surface area contributed by atoms with Crippen LogP contribution in [0.1, 0.15) is 23.2 Å². The van der Waals surface area contributed by atoms with Crippen LogP contribution in [-0.4, -0.2) is 22.1 Å². The third-order valence-electron chi connectivity index (χ3n) is 3.27. The SMILES string of the molecule is CSc1nc(C)c(CCC(=O)Nc2cccc(C#N)c2)c(=O)[nH]1. The third-order valence-corrected chi connectivity index (χ3v) is 3.85. The van der Waals surface area contributed by atoms with Crippen molar-refractivity contribution in [3.05, 3.63) is 51.4 Å². The number of anilines is 1. The Morgan fingerprint density at radius 1 is 1.48 bits per heavy atom. The van der Waals surface area contributed by atoms with Gasteiger partial charge in [-0.15, -0.1) is 0 Å². The Balaban J connectivity index is 2.02. The molecule has 0 bridgehead atoms. The lowest BCUT2D eigenvalue weighted by Crippen LogP contribution is -2.20. The van der Waals surface area contributed by atoms with E-state index < -0.39 is 0 Å². The summed E-state index contributed by atoms with van der Waals surface area (Å²) in [5, 5.41) is 12.1. The lowest BCUT2D eigenvalue weighted by Gasteiger charge is -2.07. The second kappa shape index (κ2) is 7.61. The number of aromatic nitrogens is 2. The number of nitrogens with one attached hydrogen (secondary N) is 2. The Hall–Kier alpha value is -2.59. The number of carbonyl (C=O) groups is 1. The summed E-state index contributed by atoms with van der Waals surface area (Å²) in [5.74, 6) is -0.215. The van der Waals surface area contributed by atoms with Crippen molar-refractivity contribution in [3.63, 3.8) is 0 Å². The number of hydrogen-bond donors (Lipinski definition) is 2. The van der Waals surface area contributed by atoms with Gasteiger partial charge in [-0.1, -0.05) is 17.8 Å². The van der Waals surface area contributed by atoms with Crippen molar-refractivity contribution in [2.75, 3.05) is 11.6 Å². The number of thioether (sulfide) groups is 1. The molecule has 1 aromatic carbocycles. The van der Waals surface area contributed by atoms with Gasteiger partial charge in [-0.25, -0.2) is 4.98 Å². The molecule has 0 saturated carbocycles. The van der Waals surface area contributed by atoms with Crippen molar-refractivity contribution < 1.29 is 4.79 Å². The molecule has 1 amide bonds. The quantitative estimate of drug-likeness (QED) is 0.648. The molecule has 2 rings (SSSR count). The molecule has 6 nitrogen and oxygen atoms in total. The molecular formula is C16H16N4O2S. The van der Waals surface area contributed by atoms with Crippen molar-refractivity contribution in [3.8, 4) is 6.07 Å². The first-order valence-electron chi connectivity index (χ1n) is 6.97. The average Bonchev–Trinajstić information content (AvgIpc) is 2.54. The summed E-state index contributed by atoms with van der Waals surface area (Å²) in [7, 11) is 0. The van der Waals surface area contributed by atoms with Crippen LogP contribution in [0.2, 0.25) is 0 Å². The number of nitriles is 1.